The van der Waals surface area contributed by atoms with Gasteiger partial charge in [0.2, 0.25) is 0 Å². The van der Waals surface area contributed by atoms with Gasteiger partial charge in [0.05, 0.1) is 17.9 Å². The molecule has 0 aliphatic carbocycles. The lowest BCUT2D eigenvalue weighted by atomic mass is 9.94. The summed E-state index contributed by atoms with van der Waals surface area (Å²) in [5.74, 6) is 0. The maximum Gasteiger partial charge on any atom is 0.315 e. The van der Waals surface area contributed by atoms with Crippen LogP contribution in [0.25, 0.3) is 0 Å². The number of hydrogen-bond acceptors (Lipinski definition) is 4. The summed E-state index contributed by atoms with van der Waals surface area (Å²) in [6.07, 6.45) is 2.25. The van der Waals surface area contributed by atoms with Crippen molar-refractivity contribution in [2.45, 2.75) is 57.8 Å². The fourth-order valence-corrected chi connectivity index (χ4v) is 3.25. The second kappa shape index (κ2) is 7.44. The molecule has 2 aliphatic rings. The van der Waals surface area contributed by atoms with Crippen molar-refractivity contribution >= 4 is 11.7 Å². The number of hydrogen-bond donors (Lipinski definition) is 2. The molecule has 1 aromatic carbocycles. The van der Waals surface area contributed by atoms with Gasteiger partial charge in [0.1, 0.15) is 0 Å². The summed E-state index contributed by atoms with van der Waals surface area (Å²) in [7, 11) is 0. The Labute approximate surface area is 149 Å². The van der Waals surface area contributed by atoms with Gasteiger partial charge in [0.15, 0.2) is 6.10 Å². The van der Waals surface area contributed by atoms with E-state index in [0.29, 0.717) is 19.6 Å². The number of ether oxygens (including phenoxy) is 1. The van der Waals surface area contributed by atoms with E-state index < -0.39 is 0 Å². The van der Waals surface area contributed by atoms with E-state index >= 15 is 0 Å². The third kappa shape index (κ3) is 4.95. The van der Waals surface area contributed by atoms with E-state index in [0.717, 1.165) is 24.1 Å². The first-order chi connectivity index (χ1) is 11.9. The first-order valence-electron chi connectivity index (χ1n) is 8.89. The van der Waals surface area contributed by atoms with Crippen LogP contribution in [-0.4, -0.2) is 42.6 Å². The lowest BCUT2D eigenvalue weighted by Gasteiger charge is -2.35. The molecule has 2 atom stereocenters. The molecule has 2 N–H and O–H groups in total. The summed E-state index contributed by atoms with van der Waals surface area (Å²) in [6.45, 7) is 7.28. The van der Waals surface area contributed by atoms with Gasteiger partial charge in [0.25, 0.3) is 0 Å². The number of rotatable bonds is 4. The highest BCUT2D eigenvalue weighted by atomic mass is 16.6. The summed E-state index contributed by atoms with van der Waals surface area (Å²) in [6, 6.07) is 8.21. The first-order valence-corrected chi connectivity index (χ1v) is 8.89. The van der Waals surface area contributed by atoms with Crippen LogP contribution in [0.15, 0.2) is 29.4 Å². The summed E-state index contributed by atoms with van der Waals surface area (Å²) < 4.78 is 5.67. The highest BCUT2D eigenvalue weighted by Gasteiger charge is 2.30. The van der Waals surface area contributed by atoms with Gasteiger partial charge in [-0.25, -0.2) is 4.79 Å². The number of oxime groups is 1. The molecule has 2 amide bonds. The maximum atomic E-state index is 12.1. The lowest BCUT2D eigenvalue weighted by Crippen LogP contribution is -2.49. The second-order valence-electron chi connectivity index (χ2n) is 7.49. The van der Waals surface area contributed by atoms with Crippen molar-refractivity contribution in [3.8, 4) is 0 Å². The van der Waals surface area contributed by atoms with Gasteiger partial charge < -0.3 is 20.2 Å². The Morgan fingerprint density at radius 1 is 1.32 bits per heavy atom. The normalized spacial score (nSPS) is 25.0. The third-order valence-corrected chi connectivity index (χ3v) is 4.64. The van der Waals surface area contributed by atoms with Crippen LogP contribution in [0.2, 0.25) is 0 Å². The minimum Gasteiger partial charge on any atom is -0.390 e. The van der Waals surface area contributed by atoms with Gasteiger partial charge in [-0.2, -0.15) is 0 Å². The van der Waals surface area contributed by atoms with Gasteiger partial charge in [0, 0.05) is 19.1 Å². The van der Waals surface area contributed by atoms with E-state index in [1.165, 1.54) is 5.56 Å². The highest BCUT2D eigenvalue weighted by Crippen LogP contribution is 2.23. The van der Waals surface area contributed by atoms with Crippen LogP contribution in [0.3, 0.4) is 0 Å². The highest BCUT2D eigenvalue weighted by molar-refractivity contribution is 6.01. The van der Waals surface area contributed by atoms with Crippen LogP contribution < -0.4 is 10.6 Å². The Kier molecular flexibility index (Phi) is 5.27. The average molecular weight is 345 g/mol. The molecule has 0 radical (unpaired) electrons. The van der Waals surface area contributed by atoms with E-state index in [-0.39, 0.29) is 23.8 Å². The first kappa shape index (κ1) is 17.7. The van der Waals surface area contributed by atoms with Gasteiger partial charge in [-0.05, 0) is 39.2 Å². The molecule has 0 bridgehead atoms. The minimum absolute atomic E-state index is 0.117. The SMILES string of the molecule is Cc1ccc(C2=NO[C@@H](CNC(=O)N[C@H]3CCOC(C)(C)C3)C2)cc1. The van der Waals surface area contributed by atoms with Crippen LogP contribution >= 0.6 is 0 Å². The molecule has 6 nitrogen and oxygen atoms in total. The smallest absolute Gasteiger partial charge is 0.315 e. The number of amides is 2. The molecule has 0 aromatic heterocycles. The zero-order valence-corrected chi connectivity index (χ0v) is 15.2. The number of benzene rings is 1. The van der Waals surface area contributed by atoms with Crippen molar-refractivity contribution in [1.82, 2.24) is 10.6 Å². The summed E-state index contributed by atoms with van der Waals surface area (Å²) in [4.78, 5) is 17.6. The Balaban J connectivity index is 1.41. The Hall–Kier alpha value is -2.08. The molecule has 6 heteroatoms. The summed E-state index contributed by atoms with van der Waals surface area (Å²) in [5.41, 5.74) is 3.04. The Morgan fingerprint density at radius 3 is 2.80 bits per heavy atom. The van der Waals surface area contributed by atoms with Crippen LogP contribution in [0, 0.1) is 6.92 Å². The van der Waals surface area contributed by atoms with Gasteiger partial charge in [-0.1, -0.05) is 35.0 Å². The zero-order valence-electron chi connectivity index (χ0n) is 15.2. The van der Waals surface area contributed by atoms with E-state index in [9.17, 15) is 4.79 Å². The van der Waals surface area contributed by atoms with Gasteiger partial charge in [-0.15, -0.1) is 0 Å². The van der Waals surface area contributed by atoms with E-state index in [2.05, 4.69) is 48.7 Å². The van der Waals surface area contributed by atoms with Crippen LogP contribution in [0.5, 0.6) is 0 Å². The van der Waals surface area contributed by atoms with Crippen molar-refractivity contribution in [2.24, 2.45) is 5.16 Å². The number of carbonyl (C=O) groups is 1. The zero-order chi connectivity index (χ0) is 17.9. The molecule has 2 heterocycles. The van der Waals surface area contributed by atoms with E-state index in [1.54, 1.807) is 0 Å². The molecule has 3 rings (SSSR count). The van der Waals surface area contributed by atoms with Crippen molar-refractivity contribution < 1.29 is 14.4 Å². The molecular weight excluding hydrogens is 318 g/mol. The van der Waals surface area contributed by atoms with Crippen LogP contribution in [0.1, 0.15) is 44.2 Å². The van der Waals surface area contributed by atoms with Gasteiger partial charge >= 0.3 is 6.03 Å². The third-order valence-electron chi connectivity index (χ3n) is 4.64. The topological polar surface area (TPSA) is 72.0 Å². The van der Waals surface area contributed by atoms with Crippen molar-refractivity contribution in [3.63, 3.8) is 0 Å². The quantitative estimate of drug-likeness (QED) is 0.881. The molecule has 25 heavy (non-hydrogen) atoms. The summed E-state index contributed by atoms with van der Waals surface area (Å²) >= 11 is 0. The predicted octanol–water partition coefficient (Wildman–Crippen LogP) is 2.74. The van der Waals surface area contributed by atoms with E-state index in [4.69, 9.17) is 9.57 Å². The maximum absolute atomic E-state index is 12.1. The molecule has 1 fully saturated rings. The second-order valence-corrected chi connectivity index (χ2v) is 7.49. The fraction of sp³-hybridized carbons (Fsp3) is 0.579. The minimum atomic E-state index is -0.179. The van der Waals surface area contributed by atoms with Crippen molar-refractivity contribution in [1.29, 1.82) is 0 Å². The predicted molar refractivity (Wildman–Crippen MR) is 96.8 cm³/mol. The molecule has 2 aliphatic heterocycles. The Morgan fingerprint density at radius 2 is 2.08 bits per heavy atom. The lowest BCUT2D eigenvalue weighted by molar-refractivity contribution is -0.0611. The molecule has 136 valence electrons. The Bertz CT molecular complexity index is 640. The fourth-order valence-electron chi connectivity index (χ4n) is 3.25. The van der Waals surface area contributed by atoms with Crippen LogP contribution in [-0.2, 0) is 9.57 Å². The van der Waals surface area contributed by atoms with Gasteiger partial charge in [-0.3, -0.25) is 0 Å². The number of nitrogens with one attached hydrogen (secondary N) is 2. The number of carbonyl (C=O) groups excluding carboxylic acids is 1. The molecule has 0 unspecified atom stereocenters. The summed E-state index contributed by atoms with van der Waals surface area (Å²) in [5, 5.41) is 10.1. The average Bonchev–Trinajstić information content (AvgIpc) is 3.02. The standard InChI is InChI=1S/C19H27N3O3/c1-13-4-6-14(7-5-13)17-10-16(25-22-17)12-20-18(23)21-15-8-9-24-19(2,3)11-15/h4-7,15-16H,8-12H2,1-3H3,(H2,20,21,23)/t15-,16+/m0/s1. The molecular formula is C19H27N3O3. The van der Waals surface area contributed by atoms with Crippen molar-refractivity contribution in [2.75, 3.05) is 13.2 Å². The van der Waals surface area contributed by atoms with Crippen molar-refractivity contribution in [3.05, 3.63) is 35.4 Å². The molecule has 0 saturated carbocycles. The molecule has 0 spiro atoms. The number of urea groups is 1. The number of nitrogens with zero attached hydrogens (tertiary/aromatic N) is 1. The van der Waals surface area contributed by atoms with Crippen LogP contribution in [0.4, 0.5) is 4.79 Å². The monoisotopic (exact) mass is 345 g/mol. The molecule has 1 saturated heterocycles. The molecule has 1 aromatic rings. The number of aryl methyl sites for hydroxylation is 1. The largest absolute Gasteiger partial charge is 0.390 e. The van der Waals surface area contributed by atoms with E-state index in [1.807, 2.05) is 12.1 Å².